The standard InChI is InChI=1S/C28H26N2O5S/c1-3-34-24-15-21(11-14-23(24)35-18-20-7-5-4-6-8-20)16-25-27(32)30(28(33)36-25)17-26(31)29-22-12-9-19(2)10-13-22/h4-16H,3,17-18H2,1-2H3,(H,29,31). The topological polar surface area (TPSA) is 84.9 Å². The normalized spacial score (nSPS) is 14.3. The zero-order valence-electron chi connectivity index (χ0n) is 20.0. The fourth-order valence-corrected chi connectivity index (χ4v) is 4.34. The number of nitrogens with one attached hydrogen (secondary N) is 1. The number of hydrogen-bond donors (Lipinski definition) is 1. The predicted octanol–water partition coefficient (Wildman–Crippen LogP) is 5.65. The Kier molecular flexibility index (Phi) is 8.07. The molecule has 0 spiro atoms. The van der Waals surface area contributed by atoms with E-state index in [0.29, 0.717) is 36.0 Å². The average molecular weight is 503 g/mol. The van der Waals surface area contributed by atoms with Crippen molar-refractivity contribution >= 4 is 40.6 Å². The van der Waals surface area contributed by atoms with Gasteiger partial charge in [-0.05, 0) is 67.1 Å². The summed E-state index contributed by atoms with van der Waals surface area (Å²) in [5.41, 5.74) is 3.38. The third kappa shape index (κ3) is 6.34. The first-order valence-corrected chi connectivity index (χ1v) is 12.3. The molecule has 0 bridgehead atoms. The zero-order chi connectivity index (χ0) is 25.5. The lowest BCUT2D eigenvalue weighted by Crippen LogP contribution is -2.36. The Hall–Kier alpha value is -4.04. The second-order valence-corrected chi connectivity index (χ2v) is 9.09. The van der Waals surface area contributed by atoms with Gasteiger partial charge in [-0.3, -0.25) is 19.3 Å². The van der Waals surface area contributed by atoms with Crippen LogP contribution in [0, 0.1) is 6.92 Å². The van der Waals surface area contributed by atoms with Crippen LogP contribution in [-0.4, -0.2) is 35.1 Å². The van der Waals surface area contributed by atoms with E-state index in [1.807, 2.05) is 56.3 Å². The van der Waals surface area contributed by atoms with Crippen molar-refractivity contribution < 1.29 is 23.9 Å². The average Bonchev–Trinajstić information content (AvgIpc) is 3.13. The summed E-state index contributed by atoms with van der Waals surface area (Å²) in [5, 5.41) is 2.22. The molecule has 3 aromatic rings. The largest absolute Gasteiger partial charge is 0.490 e. The molecule has 3 amide bonds. The summed E-state index contributed by atoms with van der Waals surface area (Å²) >= 11 is 0.804. The van der Waals surface area contributed by atoms with Crippen molar-refractivity contribution in [1.82, 2.24) is 4.90 Å². The van der Waals surface area contributed by atoms with Crippen molar-refractivity contribution in [1.29, 1.82) is 0 Å². The molecule has 3 aromatic carbocycles. The lowest BCUT2D eigenvalue weighted by Gasteiger charge is -2.13. The maximum absolute atomic E-state index is 12.9. The highest BCUT2D eigenvalue weighted by molar-refractivity contribution is 8.18. The van der Waals surface area contributed by atoms with Crippen molar-refractivity contribution in [3.05, 3.63) is 94.4 Å². The molecule has 36 heavy (non-hydrogen) atoms. The maximum Gasteiger partial charge on any atom is 0.294 e. The van der Waals surface area contributed by atoms with Crippen molar-refractivity contribution in [2.45, 2.75) is 20.5 Å². The first-order valence-electron chi connectivity index (χ1n) is 11.5. The van der Waals surface area contributed by atoms with Gasteiger partial charge in [-0.1, -0.05) is 54.1 Å². The number of anilines is 1. The second kappa shape index (κ2) is 11.6. The summed E-state index contributed by atoms with van der Waals surface area (Å²) in [7, 11) is 0. The Morgan fingerprint density at radius 2 is 1.72 bits per heavy atom. The van der Waals surface area contributed by atoms with E-state index < -0.39 is 17.1 Å². The first kappa shape index (κ1) is 25.1. The van der Waals surface area contributed by atoms with Gasteiger partial charge in [0.2, 0.25) is 5.91 Å². The number of amides is 3. The van der Waals surface area contributed by atoms with E-state index in [-0.39, 0.29) is 11.4 Å². The summed E-state index contributed by atoms with van der Waals surface area (Å²) in [6.45, 7) is 4.30. The highest BCUT2D eigenvalue weighted by Gasteiger charge is 2.36. The lowest BCUT2D eigenvalue weighted by molar-refractivity contribution is -0.127. The molecule has 0 radical (unpaired) electrons. The Bertz CT molecular complexity index is 1290. The van der Waals surface area contributed by atoms with Gasteiger partial charge < -0.3 is 14.8 Å². The minimum Gasteiger partial charge on any atom is -0.490 e. The van der Waals surface area contributed by atoms with Gasteiger partial charge in [0.1, 0.15) is 13.2 Å². The molecule has 184 valence electrons. The van der Waals surface area contributed by atoms with Crippen molar-refractivity contribution in [2.24, 2.45) is 0 Å². The van der Waals surface area contributed by atoms with Crippen LogP contribution in [0.15, 0.2) is 77.7 Å². The summed E-state index contributed by atoms with van der Waals surface area (Å²) in [4.78, 5) is 38.9. The second-order valence-electron chi connectivity index (χ2n) is 8.10. The molecule has 1 heterocycles. The highest BCUT2D eigenvalue weighted by atomic mass is 32.2. The van der Waals surface area contributed by atoms with Gasteiger partial charge in [-0.2, -0.15) is 0 Å². The number of hydrogen-bond acceptors (Lipinski definition) is 6. The fourth-order valence-electron chi connectivity index (χ4n) is 3.51. The van der Waals surface area contributed by atoms with E-state index in [1.165, 1.54) is 0 Å². The summed E-state index contributed by atoms with van der Waals surface area (Å²) in [6.07, 6.45) is 1.62. The van der Waals surface area contributed by atoms with Crippen LogP contribution in [0.2, 0.25) is 0 Å². The Morgan fingerprint density at radius 1 is 0.972 bits per heavy atom. The molecule has 0 atom stereocenters. The van der Waals surface area contributed by atoms with Gasteiger partial charge in [-0.15, -0.1) is 0 Å². The number of aryl methyl sites for hydroxylation is 1. The van der Waals surface area contributed by atoms with Crippen LogP contribution in [0.4, 0.5) is 10.5 Å². The Morgan fingerprint density at radius 3 is 2.44 bits per heavy atom. The zero-order valence-corrected chi connectivity index (χ0v) is 20.8. The van der Waals surface area contributed by atoms with E-state index in [2.05, 4.69) is 5.32 Å². The molecular weight excluding hydrogens is 476 g/mol. The van der Waals surface area contributed by atoms with Crippen LogP contribution < -0.4 is 14.8 Å². The molecule has 0 unspecified atom stereocenters. The molecule has 8 heteroatoms. The molecule has 0 saturated carbocycles. The number of carbonyl (C=O) groups excluding carboxylic acids is 3. The van der Waals surface area contributed by atoms with Gasteiger partial charge in [0, 0.05) is 5.69 Å². The van der Waals surface area contributed by atoms with E-state index >= 15 is 0 Å². The van der Waals surface area contributed by atoms with E-state index in [9.17, 15) is 14.4 Å². The molecule has 0 aliphatic carbocycles. The molecule has 1 aliphatic heterocycles. The van der Waals surface area contributed by atoms with Gasteiger partial charge in [0.15, 0.2) is 11.5 Å². The van der Waals surface area contributed by atoms with E-state index in [0.717, 1.165) is 27.8 Å². The quantitative estimate of drug-likeness (QED) is 0.381. The van der Waals surface area contributed by atoms with Crippen LogP contribution in [0.5, 0.6) is 11.5 Å². The minimum atomic E-state index is -0.508. The summed E-state index contributed by atoms with van der Waals surface area (Å²) in [5.74, 6) is 0.171. The first-order chi connectivity index (χ1) is 17.4. The minimum absolute atomic E-state index is 0.239. The molecule has 1 N–H and O–H groups in total. The third-order valence-electron chi connectivity index (χ3n) is 5.31. The van der Waals surface area contributed by atoms with Crippen molar-refractivity contribution in [3.8, 4) is 11.5 Å². The monoisotopic (exact) mass is 502 g/mol. The molecule has 1 aliphatic rings. The number of benzene rings is 3. The Labute approximate surface area is 214 Å². The predicted molar refractivity (Wildman–Crippen MR) is 141 cm³/mol. The number of nitrogens with zero attached hydrogens (tertiary/aromatic N) is 1. The SMILES string of the molecule is CCOc1cc(C=C2SC(=O)N(CC(=O)Nc3ccc(C)cc3)C2=O)ccc1OCc1ccccc1. The number of rotatable bonds is 9. The maximum atomic E-state index is 12.9. The molecule has 1 saturated heterocycles. The summed E-state index contributed by atoms with van der Waals surface area (Å²) < 4.78 is 11.7. The third-order valence-corrected chi connectivity index (χ3v) is 6.22. The van der Waals surface area contributed by atoms with Crippen molar-refractivity contribution in [2.75, 3.05) is 18.5 Å². The summed E-state index contributed by atoms with van der Waals surface area (Å²) in [6, 6.07) is 22.4. The molecule has 7 nitrogen and oxygen atoms in total. The lowest BCUT2D eigenvalue weighted by atomic mass is 10.1. The highest BCUT2D eigenvalue weighted by Crippen LogP contribution is 2.35. The smallest absolute Gasteiger partial charge is 0.294 e. The van der Waals surface area contributed by atoms with Crippen LogP contribution in [-0.2, 0) is 16.2 Å². The van der Waals surface area contributed by atoms with Crippen LogP contribution in [0.25, 0.3) is 6.08 Å². The molecule has 0 aromatic heterocycles. The fraction of sp³-hybridized carbons (Fsp3) is 0.179. The van der Waals surface area contributed by atoms with Gasteiger partial charge >= 0.3 is 0 Å². The Balaban J connectivity index is 1.44. The number of carbonyl (C=O) groups is 3. The number of thioether (sulfide) groups is 1. The molecule has 1 fully saturated rings. The van der Waals surface area contributed by atoms with Crippen molar-refractivity contribution in [3.63, 3.8) is 0 Å². The van der Waals surface area contributed by atoms with Crippen LogP contribution in [0.3, 0.4) is 0 Å². The number of ether oxygens (including phenoxy) is 2. The van der Waals surface area contributed by atoms with Crippen LogP contribution in [0.1, 0.15) is 23.6 Å². The van der Waals surface area contributed by atoms with Crippen LogP contribution >= 0.6 is 11.8 Å². The number of imide groups is 1. The van der Waals surface area contributed by atoms with Gasteiger partial charge in [0.25, 0.3) is 11.1 Å². The molecular formula is C28H26N2O5S. The van der Waals surface area contributed by atoms with E-state index in [4.69, 9.17) is 9.47 Å². The van der Waals surface area contributed by atoms with Gasteiger partial charge in [0.05, 0.1) is 11.5 Å². The van der Waals surface area contributed by atoms with Gasteiger partial charge in [-0.25, -0.2) is 0 Å². The van der Waals surface area contributed by atoms with E-state index in [1.54, 1.807) is 36.4 Å². The molecule has 4 rings (SSSR count).